The molecule has 0 aliphatic carbocycles. The molecule has 4 N–H and O–H groups in total. The topological polar surface area (TPSA) is 125 Å². The Morgan fingerprint density at radius 2 is 1.66 bits per heavy atom. The maximum absolute atomic E-state index is 16.3. The molecule has 0 radical (unpaired) electrons. The Balaban J connectivity index is 1.27. The van der Waals surface area contributed by atoms with E-state index in [1.54, 1.807) is 53.2 Å². The van der Waals surface area contributed by atoms with Crippen LogP contribution >= 0.6 is 0 Å². The number of ether oxygens (including phenoxy) is 1. The summed E-state index contributed by atoms with van der Waals surface area (Å²) in [4.78, 5) is 44.7. The first-order valence-electron chi connectivity index (χ1n) is 16.9. The second-order valence-electron chi connectivity index (χ2n) is 13.7. The Morgan fingerprint density at radius 1 is 0.980 bits per heavy atom. The van der Waals surface area contributed by atoms with Crippen LogP contribution < -0.4 is 16.0 Å². The van der Waals surface area contributed by atoms with E-state index in [1.165, 1.54) is 0 Å². The first-order valence-corrected chi connectivity index (χ1v) is 19.8. The van der Waals surface area contributed by atoms with Crippen LogP contribution in [0.25, 0.3) is 0 Å². The number of nitrogens with zero attached hydrogens (tertiary/aromatic N) is 2. The first-order chi connectivity index (χ1) is 23.9. The molecule has 1 saturated heterocycles. The van der Waals surface area contributed by atoms with Gasteiger partial charge in [0.2, 0.25) is 14.3 Å². The van der Waals surface area contributed by atoms with Crippen molar-refractivity contribution in [3.8, 4) is 0 Å². The van der Waals surface area contributed by atoms with Gasteiger partial charge in [-0.05, 0) is 66.7 Å². The van der Waals surface area contributed by atoms with Crippen LogP contribution in [0.4, 0.5) is 21.2 Å². The Morgan fingerprint density at radius 3 is 2.36 bits per heavy atom. The number of aliphatic hydroxyl groups is 1. The lowest BCUT2D eigenvalue weighted by molar-refractivity contribution is -0.150. The average molecular weight is 695 g/mol. The second-order valence-corrected chi connectivity index (χ2v) is 17.5. The molecule has 50 heavy (non-hydrogen) atoms. The highest BCUT2D eigenvalue weighted by Crippen LogP contribution is 2.60. The summed E-state index contributed by atoms with van der Waals surface area (Å²) < 4.78 is 23.1. The zero-order valence-corrected chi connectivity index (χ0v) is 29.5. The van der Waals surface area contributed by atoms with Crippen LogP contribution in [0.2, 0.25) is 18.6 Å². The maximum Gasteiger partial charge on any atom is 0.264 e. The van der Waals surface area contributed by atoms with E-state index in [4.69, 9.17) is 10.5 Å². The molecule has 1 fully saturated rings. The molecule has 2 aliphatic rings. The molecule has 4 aromatic carbocycles. The van der Waals surface area contributed by atoms with Gasteiger partial charge in [-0.1, -0.05) is 67.6 Å². The molecule has 6 rings (SSSR count). The van der Waals surface area contributed by atoms with Gasteiger partial charge in [0.25, 0.3) is 11.8 Å². The molecule has 0 aromatic heterocycles. The van der Waals surface area contributed by atoms with Gasteiger partial charge < -0.3 is 34.8 Å². The molecule has 2 heterocycles. The minimum Gasteiger partial charge on any atom is -0.399 e. The zero-order chi connectivity index (χ0) is 35.6. The third kappa shape index (κ3) is 6.81. The molecule has 260 valence electrons. The van der Waals surface area contributed by atoms with Gasteiger partial charge >= 0.3 is 0 Å². The van der Waals surface area contributed by atoms with Gasteiger partial charge in [0.15, 0.2) is 5.60 Å². The van der Waals surface area contributed by atoms with Crippen molar-refractivity contribution in [2.24, 2.45) is 5.92 Å². The minimum absolute atomic E-state index is 0.116. The van der Waals surface area contributed by atoms with Gasteiger partial charge in [-0.15, -0.1) is 0 Å². The van der Waals surface area contributed by atoms with E-state index in [0.29, 0.717) is 34.7 Å². The summed E-state index contributed by atoms with van der Waals surface area (Å²) in [6, 6.07) is 30.8. The highest BCUT2D eigenvalue weighted by molar-refractivity contribution is 6.72. The van der Waals surface area contributed by atoms with Gasteiger partial charge in [-0.25, -0.2) is 0 Å². The number of anilines is 3. The molecule has 0 saturated carbocycles. The smallest absolute Gasteiger partial charge is 0.264 e. The fourth-order valence-electron chi connectivity index (χ4n) is 7.64. The number of halogens is 1. The Kier molecular flexibility index (Phi) is 9.93. The van der Waals surface area contributed by atoms with Crippen LogP contribution in [0.3, 0.4) is 0 Å². The monoisotopic (exact) mass is 694 g/mol. The molecule has 3 amide bonds. The third-order valence-electron chi connectivity index (χ3n) is 9.88. The molecule has 2 aliphatic heterocycles. The van der Waals surface area contributed by atoms with E-state index >= 15 is 4.11 Å². The summed E-state index contributed by atoms with van der Waals surface area (Å²) in [5.41, 5.74) is 8.22. The number of aliphatic hydroxyl groups excluding tert-OH is 1. The highest BCUT2D eigenvalue weighted by atomic mass is 28.4. The number of para-hydroxylation sites is 1. The predicted octanol–water partition coefficient (Wildman–Crippen LogP) is 6.25. The lowest BCUT2D eigenvalue weighted by Crippen LogP contribution is -2.45. The number of nitrogen functional groups attached to an aromatic ring is 1. The molecule has 0 bridgehead atoms. The van der Waals surface area contributed by atoms with Crippen molar-refractivity contribution in [2.45, 2.75) is 56.8 Å². The molecule has 9 nitrogen and oxygen atoms in total. The Bertz CT molecular complexity index is 1870. The summed E-state index contributed by atoms with van der Waals surface area (Å²) >= 11 is 0. The van der Waals surface area contributed by atoms with Crippen molar-refractivity contribution in [2.75, 3.05) is 29.1 Å². The van der Waals surface area contributed by atoms with Crippen LogP contribution in [0, 0.1) is 5.92 Å². The van der Waals surface area contributed by atoms with Crippen LogP contribution in [0.15, 0.2) is 103 Å². The Labute approximate surface area is 293 Å². The first kappa shape index (κ1) is 35.0. The number of rotatable bonds is 11. The lowest BCUT2D eigenvalue weighted by Gasteiger charge is -2.31. The quantitative estimate of drug-likeness (QED) is 0.0969. The predicted molar refractivity (Wildman–Crippen MR) is 194 cm³/mol. The number of hydrogen-bond donors (Lipinski definition) is 3. The number of nitrogens with two attached hydrogens (primary N) is 1. The number of carbonyl (C=O) groups is 3. The third-order valence-corrected chi connectivity index (χ3v) is 12.3. The summed E-state index contributed by atoms with van der Waals surface area (Å²) in [5.74, 6) is -1.43. The fraction of sp³-hybridized carbons (Fsp3) is 0.308. The van der Waals surface area contributed by atoms with Crippen LogP contribution in [-0.4, -0.2) is 55.4 Å². The van der Waals surface area contributed by atoms with Crippen molar-refractivity contribution in [3.63, 3.8) is 0 Å². The summed E-state index contributed by atoms with van der Waals surface area (Å²) in [7, 11) is -3.50. The molecule has 4 aromatic rings. The summed E-state index contributed by atoms with van der Waals surface area (Å²) in [6.45, 7) is 5.47. The molecule has 4 atom stereocenters. The summed E-state index contributed by atoms with van der Waals surface area (Å²) in [6.07, 6.45) is -0.959. The van der Waals surface area contributed by atoms with E-state index in [-0.39, 0.29) is 43.8 Å². The normalized spacial score (nSPS) is 21.3. The SMILES string of the molecule is C[C@@H]1[C@@H]([Si](C)(C)F)[C@H](CC(=O)N(CCO)Cc2ccccc2)O[C@@]12C(=O)N(Cc1cccc(NC(=O)c3ccc(N)cc3)c1)c1ccccc12. The highest BCUT2D eigenvalue weighted by Gasteiger charge is 2.67. The average Bonchev–Trinajstić information content (AvgIpc) is 3.51. The van der Waals surface area contributed by atoms with Crippen molar-refractivity contribution in [3.05, 3.63) is 125 Å². The number of benzene rings is 4. The van der Waals surface area contributed by atoms with Crippen LogP contribution in [-0.2, 0) is 33.0 Å². The number of hydrogen-bond acceptors (Lipinski definition) is 6. The summed E-state index contributed by atoms with van der Waals surface area (Å²) in [5, 5.41) is 12.7. The lowest BCUT2D eigenvalue weighted by atomic mass is 9.82. The maximum atomic E-state index is 16.3. The van der Waals surface area contributed by atoms with Crippen molar-refractivity contribution >= 4 is 43.2 Å². The number of carbonyl (C=O) groups excluding carboxylic acids is 3. The molecular formula is C39H43FN4O5Si. The van der Waals surface area contributed by atoms with Gasteiger partial charge in [-0.2, -0.15) is 0 Å². The van der Waals surface area contributed by atoms with Crippen molar-refractivity contribution in [1.29, 1.82) is 0 Å². The van der Waals surface area contributed by atoms with Gasteiger partial charge in [0, 0.05) is 47.1 Å². The molecule has 11 heteroatoms. The zero-order valence-electron chi connectivity index (χ0n) is 28.5. The van der Waals surface area contributed by atoms with E-state index in [2.05, 4.69) is 5.32 Å². The van der Waals surface area contributed by atoms with Gasteiger partial charge in [-0.3, -0.25) is 14.4 Å². The van der Waals surface area contributed by atoms with E-state index < -0.39 is 31.6 Å². The van der Waals surface area contributed by atoms with Crippen molar-refractivity contribution in [1.82, 2.24) is 4.90 Å². The molecule has 1 spiro atoms. The minimum atomic E-state index is -3.50. The van der Waals surface area contributed by atoms with Crippen molar-refractivity contribution < 1.29 is 28.3 Å². The number of fused-ring (bicyclic) bond motifs is 2. The van der Waals surface area contributed by atoms with Crippen LogP contribution in [0.5, 0.6) is 0 Å². The standard InChI is InChI=1S/C39H43FN4O5Si/c1-26-36(50(2,3)40)34(23-35(46)43(20-21-45)24-27-10-5-4-6-11-27)49-39(26)32-14-7-8-15-33(32)44(38(39)48)25-28-12-9-13-31(22-28)42-37(47)29-16-18-30(41)19-17-29/h4-19,22,26,34,36,45H,20-21,23-25,41H2,1-3H3,(H,42,47)/t26-,34+,36-,39+/m1/s1. The Hall–Kier alpha value is -4.84. The largest absolute Gasteiger partial charge is 0.399 e. The van der Waals surface area contributed by atoms with E-state index in [1.807, 2.05) is 79.7 Å². The van der Waals surface area contributed by atoms with E-state index in [0.717, 1.165) is 11.1 Å². The molecular weight excluding hydrogens is 652 g/mol. The van der Waals surface area contributed by atoms with Gasteiger partial charge in [0.1, 0.15) is 0 Å². The van der Waals surface area contributed by atoms with Crippen LogP contribution in [0.1, 0.15) is 40.4 Å². The van der Waals surface area contributed by atoms with Gasteiger partial charge in [0.05, 0.1) is 31.4 Å². The second kappa shape index (κ2) is 14.2. The molecule has 0 unspecified atom stereocenters. The fourth-order valence-corrected chi connectivity index (χ4v) is 10.1. The van der Waals surface area contributed by atoms with E-state index in [9.17, 15) is 19.5 Å². The number of amides is 3. The number of nitrogens with one attached hydrogen (secondary N) is 1.